The maximum Gasteiger partial charge on any atom is 0.272 e. The first-order chi connectivity index (χ1) is 12.8. The molecular formula is C21H18N2OS2. The summed E-state index contributed by atoms with van der Waals surface area (Å²) < 4.78 is 2.51. The molecule has 0 aliphatic carbocycles. The van der Waals surface area contributed by atoms with Gasteiger partial charge < -0.3 is 0 Å². The number of aromatic nitrogens is 2. The van der Waals surface area contributed by atoms with Crippen molar-refractivity contribution in [2.45, 2.75) is 24.4 Å². The van der Waals surface area contributed by atoms with Gasteiger partial charge in [-0.15, -0.1) is 11.3 Å². The van der Waals surface area contributed by atoms with Gasteiger partial charge in [0.1, 0.15) is 4.70 Å². The van der Waals surface area contributed by atoms with Crippen LogP contribution in [0.3, 0.4) is 0 Å². The predicted octanol–water partition coefficient (Wildman–Crippen LogP) is 5.44. The van der Waals surface area contributed by atoms with Gasteiger partial charge in [0.2, 0.25) is 0 Å². The first-order valence-corrected chi connectivity index (χ1v) is 10.3. The van der Waals surface area contributed by atoms with E-state index >= 15 is 0 Å². The van der Waals surface area contributed by atoms with Crippen molar-refractivity contribution in [3.05, 3.63) is 82.6 Å². The van der Waals surface area contributed by atoms with Crippen LogP contribution in [0.25, 0.3) is 20.7 Å². The number of nitrogens with zero attached hydrogens (tertiary/aromatic N) is 2. The maximum absolute atomic E-state index is 13.0. The molecule has 130 valence electrons. The molecule has 2 aromatic heterocycles. The van der Waals surface area contributed by atoms with Crippen molar-refractivity contribution in [2.24, 2.45) is 0 Å². The Morgan fingerprint density at radius 1 is 1.04 bits per heavy atom. The van der Waals surface area contributed by atoms with Gasteiger partial charge in [-0.05, 0) is 24.1 Å². The highest BCUT2D eigenvalue weighted by Gasteiger charge is 2.14. The van der Waals surface area contributed by atoms with E-state index in [1.165, 1.54) is 16.9 Å². The van der Waals surface area contributed by atoms with Crippen LogP contribution in [0.4, 0.5) is 0 Å². The molecule has 3 nitrogen and oxygen atoms in total. The molecule has 0 unspecified atom stereocenters. The topological polar surface area (TPSA) is 34.9 Å². The molecule has 4 aromatic rings. The Kier molecular flexibility index (Phi) is 4.91. The molecular weight excluding hydrogens is 360 g/mol. The Bertz CT molecular complexity index is 1090. The summed E-state index contributed by atoms with van der Waals surface area (Å²) >= 11 is 3.14. The minimum absolute atomic E-state index is 0.0558. The van der Waals surface area contributed by atoms with E-state index < -0.39 is 0 Å². The third-order valence-corrected chi connectivity index (χ3v) is 6.39. The van der Waals surface area contributed by atoms with Gasteiger partial charge >= 0.3 is 0 Å². The molecule has 0 bridgehead atoms. The van der Waals surface area contributed by atoms with E-state index in [2.05, 4.69) is 24.3 Å². The van der Waals surface area contributed by atoms with Crippen LogP contribution in [0.5, 0.6) is 0 Å². The number of rotatable bonds is 5. The van der Waals surface area contributed by atoms with Gasteiger partial charge in [0, 0.05) is 17.2 Å². The molecule has 0 aliphatic rings. The Labute approximate surface area is 160 Å². The molecule has 0 amide bonds. The molecule has 0 radical (unpaired) electrons. The zero-order valence-electron chi connectivity index (χ0n) is 14.4. The smallest absolute Gasteiger partial charge is 0.272 e. The number of hydrogen-bond acceptors (Lipinski definition) is 4. The normalized spacial score (nSPS) is 11.1. The molecule has 26 heavy (non-hydrogen) atoms. The summed E-state index contributed by atoms with van der Waals surface area (Å²) in [6.07, 6.45) is 0. The van der Waals surface area contributed by atoms with Crippen molar-refractivity contribution < 1.29 is 0 Å². The van der Waals surface area contributed by atoms with Crippen molar-refractivity contribution in [1.82, 2.24) is 9.55 Å². The molecule has 2 heterocycles. The summed E-state index contributed by atoms with van der Waals surface area (Å²) in [7, 11) is 0. The summed E-state index contributed by atoms with van der Waals surface area (Å²) in [5.41, 5.74) is 3.19. The average molecular weight is 379 g/mol. The van der Waals surface area contributed by atoms with Gasteiger partial charge in [-0.25, -0.2) is 4.98 Å². The van der Waals surface area contributed by atoms with Crippen molar-refractivity contribution in [3.8, 4) is 10.4 Å². The first kappa shape index (κ1) is 17.1. The number of fused-ring (bicyclic) bond motifs is 1. The van der Waals surface area contributed by atoms with Crippen molar-refractivity contribution in [3.63, 3.8) is 0 Å². The SMILES string of the molecule is CCn1c(SCc2ccccc2)nc2cc(-c3ccccc3)sc2c1=O. The van der Waals surface area contributed by atoms with Crippen LogP contribution < -0.4 is 5.56 Å². The maximum atomic E-state index is 13.0. The number of benzene rings is 2. The van der Waals surface area contributed by atoms with E-state index in [1.807, 2.05) is 49.4 Å². The van der Waals surface area contributed by atoms with E-state index in [9.17, 15) is 4.79 Å². The van der Waals surface area contributed by atoms with Crippen LogP contribution >= 0.6 is 23.1 Å². The Hall–Kier alpha value is -2.37. The molecule has 0 spiro atoms. The Morgan fingerprint density at radius 3 is 2.42 bits per heavy atom. The molecule has 0 N–H and O–H groups in total. The molecule has 0 fully saturated rings. The fourth-order valence-corrected chi connectivity index (χ4v) is 4.92. The second kappa shape index (κ2) is 7.48. The number of hydrogen-bond donors (Lipinski definition) is 0. The van der Waals surface area contributed by atoms with Crippen LogP contribution in [-0.2, 0) is 12.3 Å². The minimum atomic E-state index is 0.0558. The molecule has 0 saturated carbocycles. The monoisotopic (exact) mass is 378 g/mol. The van der Waals surface area contributed by atoms with E-state index in [0.29, 0.717) is 6.54 Å². The van der Waals surface area contributed by atoms with E-state index in [1.54, 1.807) is 16.3 Å². The van der Waals surface area contributed by atoms with E-state index in [4.69, 9.17) is 4.98 Å². The lowest BCUT2D eigenvalue weighted by Crippen LogP contribution is -2.21. The van der Waals surface area contributed by atoms with Gasteiger partial charge in [-0.3, -0.25) is 9.36 Å². The third kappa shape index (κ3) is 3.32. The molecule has 0 aliphatic heterocycles. The average Bonchev–Trinajstić information content (AvgIpc) is 3.12. The fourth-order valence-electron chi connectivity index (χ4n) is 2.85. The summed E-state index contributed by atoms with van der Waals surface area (Å²) in [5, 5.41) is 0.784. The molecule has 4 rings (SSSR count). The second-order valence-electron chi connectivity index (χ2n) is 5.91. The summed E-state index contributed by atoms with van der Waals surface area (Å²) in [5.74, 6) is 0.800. The predicted molar refractivity (Wildman–Crippen MR) is 111 cm³/mol. The van der Waals surface area contributed by atoms with Crippen LogP contribution in [0, 0.1) is 0 Å². The Morgan fingerprint density at radius 2 is 1.73 bits per heavy atom. The molecule has 0 atom stereocenters. The lowest BCUT2D eigenvalue weighted by molar-refractivity contribution is 0.635. The summed E-state index contributed by atoms with van der Waals surface area (Å²) in [4.78, 5) is 18.8. The van der Waals surface area contributed by atoms with Gasteiger partial charge in [0.25, 0.3) is 5.56 Å². The largest absolute Gasteiger partial charge is 0.287 e. The van der Waals surface area contributed by atoms with Gasteiger partial charge in [-0.1, -0.05) is 72.4 Å². The quantitative estimate of drug-likeness (QED) is 0.343. The lowest BCUT2D eigenvalue weighted by Gasteiger charge is -2.09. The van der Waals surface area contributed by atoms with Gasteiger partial charge in [0.15, 0.2) is 5.16 Å². The highest BCUT2D eigenvalue weighted by Crippen LogP contribution is 2.32. The highest BCUT2D eigenvalue weighted by molar-refractivity contribution is 7.98. The standard InChI is InChI=1S/C21H18N2OS2/c1-2-23-20(24)19-17(13-18(26-19)16-11-7-4-8-12-16)22-21(23)25-14-15-9-5-3-6-10-15/h3-13H,2,14H2,1H3. The van der Waals surface area contributed by atoms with Gasteiger partial charge in [0.05, 0.1) is 5.52 Å². The zero-order chi connectivity index (χ0) is 17.9. The lowest BCUT2D eigenvalue weighted by atomic mass is 10.2. The van der Waals surface area contributed by atoms with E-state index in [-0.39, 0.29) is 5.56 Å². The van der Waals surface area contributed by atoms with E-state index in [0.717, 1.165) is 31.6 Å². The van der Waals surface area contributed by atoms with Crippen LogP contribution in [0.15, 0.2) is 76.7 Å². The number of thiophene rings is 1. The van der Waals surface area contributed by atoms with Crippen molar-refractivity contribution in [1.29, 1.82) is 0 Å². The van der Waals surface area contributed by atoms with Crippen LogP contribution in [-0.4, -0.2) is 9.55 Å². The van der Waals surface area contributed by atoms with Crippen LogP contribution in [0.2, 0.25) is 0 Å². The minimum Gasteiger partial charge on any atom is -0.287 e. The van der Waals surface area contributed by atoms with Gasteiger partial charge in [-0.2, -0.15) is 0 Å². The van der Waals surface area contributed by atoms with Crippen LogP contribution in [0.1, 0.15) is 12.5 Å². The fraction of sp³-hybridized carbons (Fsp3) is 0.143. The zero-order valence-corrected chi connectivity index (χ0v) is 16.0. The molecule has 5 heteroatoms. The molecule has 0 saturated heterocycles. The van der Waals surface area contributed by atoms with Crippen molar-refractivity contribution >= 4 is 33.3 Å². The number of thioether (sulfide) groups is 1. The highest BCUT2D eigenvalue weighted by atomic mass is 32.2. The third-order valence-electron chi connectivity index (χ3n) is 4.18. The molecule has 2 aromatic carbocycles. The summed E-state index contributed by atoms with van der Waals surface area (Å²) in [6, 6.07) is 22.4. The first-order valence-electron chi connectivity index (χ1n) is 8.53. The second-order valence-corrected chi connectivity index (χ2v) is 7.90. The summed E-state index contributed by atoms with van der Waals surface area (Å²) in [6.45, 7) is 2.62. The van der Waals surface area contributed by atoms with Crippen molar-refractivity contribution in [2.75, 3.05) is 0 Å². The Balaban J connectivity index is 1.75.